The van der Waals surface area contributed by atoms with E-state index in [2.05, 4.69) is 11.6 Å². The van der Waals surface area contributed by atoms with E-state index >= 15 is 4.39 Å². The summed E-state index contributed by atoms with van der Waals surface area (Å²) in [5.74, 6) is -1.62. The molecule has 5 rings (SSSR count). The van der Waals surface area contributed by atoms with Gasteiger partial charge in [-0.05, 0) is 36.8 Å². The number of phenolic OH excluding ortho intramolecular Hbond substituents is 1. The van der Waals surface area contributed by atoms with Crippen LogP contribution in [0.15, 0.2) is 43.1 Å². The van der Waals surface area contributed by atoms with E-state index in [1.807, 2.05) is 13.0 Å². The van der Waals surface area contributed by atoms with Gasteiger partial charge >= 0.3 is 0 Å². The monoisotopic (exact) mass is 581 g/mol. The standard InChI is InChI=1S/C29H29ClFN5O5/c1-5-21(38)35-11-12-36-17(13-35)14-41-27-23(29(36)39)28(34(3)26-16(2)9-10-32-19(26)15-40-4)33-25(24(27)30)22-18(31)7-6-8-20(22)37/h5-10,17,37H,1,11-15H2,2-4H3/t17-/m1/s1. The van der Waals surface area contributed by atoms with Gasteiger partial charge in [-0.1, -0.05) is 24.2 Å². The Morgan fingerprint density at radius 3 is 2.83 bits per heavy atom. The van der Waals surface area contributed by atoms with Gasteiger partial charge in [0.1, 0.15) is 40.3 Å². The summed E-state index contributed by atoms with van der Waals surface area (Å²) in [5.41, 5.74) is 1.81. The molecule has 41 heavy (non-hydrogen) atoms. The van der Waals surface area contributed by atoms with Gasteiger partial charge in [-0.15, -0.1) is 0 Å². The Morgan fingerprint density at radius 1 is 1.34 bits per heavy atom. The van der Waals surface area contributed by atoms with Gasteiger partial charge in [-0.25, -0.2) is 9.37 Å². The van der Waals surface area contributed by atoms with Crippen molar-refractivity contribution in [2.24, 2.45) is 0 Å². The highest BCUT2D eigenvalue weighted by atomic mass is 35.5. The summed E-state index contributed by atoms with van der Waals surface area (Å²) >= 11 is 6.81. The lowest BCUT2D eigenvalue weighted by molar-refractivity contribution is -0.128. The number of phenols is 1. The number of pyridine rings is 2. The first-order chi connectivity index (χ1) is 19.7. The Bertz CT molecular complexity index is 1530. The average Bonchev–Trinajstić information content (AvgIpc) is 3.10. The number of piperazine rings is 1. The number of aromatic hydroxyl groups is 1. The normalized spacial score (nSPS) is 16.4. The maximum absolute atomic E-state index is 15.1. The third-order valence-corrected chi connectivity index (χ3v) is 7.65. The fourth-order valence-electron chi connectivity index (χ4n) is 5.34. The maximum atomic E-state index is 15.1. The quantitative estimate of drug-likeness (QED) is 0.434. The van der Waals surface area contributed by atoms with Crippen LogP contribution in [0.5, 0.6) is 11.5 Å². The first-order valence-electron chi connectivity index (χ1n) is 12.9. The lowest BCUT2D eigenvalue weighted by Crippen LogP contribution is -2.57. The van der Waals surface area contributed by atoms with E-state index in [-0.39, 0.29) is 71.4 Å². The first kappa shape index (κ1) is 28.3. The van der Waals surface area contributed by atoms with Gasteiger partial charge in [-0.3, -0.25) is 14.6 Å². The van der Waals surface area contributed by atoms with Crippen LogP contribution in [-0.4, -0.2) is 83.1 Å². The van der Waals surface area contributed by atoms with Crippen LogP contribution in [0, 0.1) is 12.7 Å². The molecule has 4 heterocycles. The molecule has 0 radical (unpaired) electrons. The molecule has 1 aromatic carbocycles. The van der Waals surface area contributed by atoms with Crippen LogP contribution in [-0.2, 0) is 16.1 Å². The molecule has 0 unspecified atom stereocenters. The highest BCUT2D eigenvalue weighted by molar-refractivity contribution is 6.35. The number of fused-ring (bicyclic) bond motifs is 2. The van der Waals surface area contributed by atoms with Gasteiger partial charge in [0.15, 0.2) is 5.75 Å². The zero-order valence-corrected chi connectivity index (χ0v) is 23.6. The van der Waals surface area contributed by atoms with Crippen LogP contribution in [0.1, 0.15) is 21.6 Å². The number of methoxy groups -OCH3 is 1. The zero-order valence-electron chi connectivity index (χ0n) is 22.9. The number of aromatic nitrogens is 2. The molecule has 2 aromatic heterocycles. The largest absolute Gasteiger partial charge is 0.507 e. The van der Waals surface area contributed by atoms with E-state index in [1.54, 1.807) is 35.1 Å². The number of ether oxygens (including phenoxy) is 2. The minimum atomic E-state index is -0.749. The molecule has 12 heteroatoms. The second-order valence-electron chi connectivity index (χ2n) is 9.80. The molecule has 0 spiro atoms. The Labute approximate surface area is 241 Å². The van der Waals surface area contributed by atoms with Gasteiger partial charge in [0.05, 0.1) is 29.6 Å². The maximum Gasteiger partial charge on any atom is 0.261 e. The van der Waals surface area contributed by atoms with Crippen molar-refractivity contribution in [2.45, 2.75) is 19.6 Å². The number of amides is 2. The Balaban J connectivity index is 1.73. The minimum Gasteiger partial charge on any atom is -0.507 e. The highest BCUT2D eigenvalue weighted by Gasteiger charge is 2.41. The second kappa shape index (κ2) is 11.3. The average molecular weight is 582 g/mol. The lowest BCUT2D eigenvalue weighted by Gasteiger charge is -2.39. The number of carbonyl (C=O) groups excluding carboxylic acids is 2. The number of rotatable bonds is 6. The molecule has 2 amide bonds. The van der Waals surface area contributed by atoms with Crippen molar-refractivity contribution >= 4 is 34.9 Å². The van der Waals surface area contributed by atoms with Crippen LogP contribution >= 0.6 is 11.6 Å². The number of anilines is 2. The van der Waals surface area contributed by atoms with E-state index < -0.39 is 17.8 Å². The Hall–Kier alpha value is -4.22. The second-order valence-corrected chi connectivity index (χ2v) is 10.2. The smallest absolute Gasteiger partial charge is 0.261 e. The van der Waals surface area contributed by atoms with Crippen molar-refractivity contribution in [3.63, 3.8) is 0 Å². The van der Waals surface area contributed by atoms with Gasteiger partial charge < -0.3 is 29.3 Å². The minimum absolute atomic E-state index is 0.0111. The molecule has 0 aliphatic carbocycles. The van der Waals surface area contributed by atoms with Gasteiger partial charge in [-0.2, -0.15) is 0 Å². The molecular formula is C29H29ClFN5O5. The number of hydrogen-bond acceptors (Lipinski definition) is 8. The van der Waals surface area contributed by atoms with Gasteiger partial charge in [0, 0.05) is 40.0 Å². The van der Waals surface area contributed by atoms with Crippen molar-refractivity contribution < 1.29 is 28.6 Å². The molecule has 214 valence electrons. The molecule has 2 aliphatic heterocycles. The highest BCUT2D eigenvalue weighted by Crippen LogP contribution is 2.47. The number of aryl methyl sites for hydroxylation is 1. The predicted octanol–water partition coefficient (Wildman–Crippen LogP) is 4.10. The van der Waals surface area contributed by atoms with Crippen LogP contribution in [0.3, 0.4) is 0 Å². The molecule has 0 saturated carbocycles. The summed E-state index contributed by atoms with van der Waals surface area (Å²) in [6.45, 7) is 6.46. The third kappa shape index (κ3) is 4.95. The van der Waals surface area contributed by atoms with E-state index in [0.717, 1.165) is 5.56 Å². The molecule has 1 N–H and O–H groups in total. The molecule has 3 aromatic rings. The van der Waals surface area contributed by atoms with Crippen LogP contribution in [0.4, 0.5) is 15.9 Å². The summed E-state index contributed by atoms with van der Waals surface area (Å²) in [5, 5.41) is 10.5. The fourth-order valence-corrected chi connectivity index (χ4v) is 5.63. The summed E-state index contributed by atoms with van der Waals surface area (Å²) in [6, 6.07) is 5.21. The Kier molecular flexibility index (Phi) is 7.83. The number of carbonyl (C=O) groups is 2. The van der Waals surface area contributed by atoms with Gasteiger partial charge in [0.25, 0.3) is 5.91 Å². The van der Waals surface area contributed by atoms with Crippen LogP contribution in [0.25, 0.3) is 11.3 Å². The van der Waals surface area contributed by atoms with Gasteiger partial charge in [0.2, 0.25) is 5.91 Å². The van der Waals surface area contributed by atoms with Crippen molar-refractivity contribution in [1.82, 2.24) is 19.8 Å². The first-order valence-corrected chi connectivity index (χ1v) is 13.3. The zero-order chi connectivity index (χ0) is 29.4. The molecular weight excluding hydrogens is 553 g/mol. The summed E-state index contributed by atoms with van der Waals surface area (Å²) < 4.78 is 26.7. The van der Waals surface area contributed by atoms with Crippen molar-refractivity contribution in [3.8, 4) is 22.8 Å². The van der Waals surface area contributed by atoms with E-state index in [9.17, 15) is 14.7 Å². The van der Waals surface area contributed by atoms with Crippen LogP contribution in [0.2, 0.25) is 5.02 Å². The molecule has 0 bridgehead atoms. The summed E-state index contributed by atoms with van der Waals surface area (Å²) in [4.78, 5) is 40.6. The predicted molar refractivity (Wildman–Crippen MR) is 151 cm³/mol. The van der Waals surface area contributed by atoms with Crippen LogP contribution < -0.4 is 9.64 Å². The molecule has 2 aliphatic rings. The van der Waals surface area contributed by atoms with E-state index in [1.165, 1.54) is 24.3 Å². The Morgan fingerprint density at radius 2 is 2.12 bits per heavy atom. The molecule has 1 fully saturated rings. The van der Waals surface area contributed by atoms with Crippen molar-refractivity contribution in [3.05, 3.63) is 70.8 Å². The topological polar surface area (TPSA) is 108 Å². The number of nitrogens with zero attached hydrogens (tertiary/aromatic N) is 5. The third-order valence-electron chi connectivity index (χ3n) is 7.30. The molecule has 1 saturated heterocycles. The molecule has 1 atom stereocenters. The van der Waals surface area contributed by atoms with E-state index in [0.29, 0.717) is 17.9 Å². The molecule has 10 nitrogen and oxygen atoms in total. The SMILES string of the molecule is C=CC(=O)N1CCN2C(=O)c3c(N(C)c4c(C)ccnc4COC)nc(-c4c(O)cccc4F)c(Cl)c3OC[C@H]2C1. The summed E-state index contributed by atoms with van der Waals surface area (Å²) in [6.07, 6.45) is 2.89. The fraction of sp³-hybridized carbons (Fsp3) is 0.310. The number of halogens is 2. The van der Waals surface area contributed by atoms with E-state index in [4.69, 9.17) is 26.1 Å². The van der Waals surface area contributed by atoms with Crippen molar-refractivity contribution in [1.29, 1.82) is 0 Å². The number of benzene rings is 1. The summed E-state index contributed by atoms with van der Waals surface area (Å²) in [7, 11) is 3.26. The lowest BCUT2D eigenvalue weighted by atomic mass is 10.0. The number of hydrogen-bond donors (Lipinski definition) is 1. The van der Waals surface area contributed by atoms with Crippen molar-refractivity contribution in [2.75, 3.05) is 45.3 Å².